The van der Waals surface area contributed by atoms with Gasteiger partial charge >= 0.3 is 0 Å². The van der Waals surface area contributed by atoms with E-state index in [4.69, 9.17) is 0 Å². The summed E-state index contributed by atoms with van der Waals surface area (Å²) in [6, 6.07) is 0. The topological polar surface area (TPSA) is 0 Å². The smallest absolute Gasteiger partial charge is 0.0996 e. The van der Waals surface area contributed by atoms with Crippen LogP contribution >= 0.6 is 0 Å². The van der Waals surface area contributed by atoms with Gasteiger partial charge in [-0.1, -0.05) is 24.2 Å². The van der Waals surface area contributed by atoms with E-state index in [1.807, 2.05) is 26.9 Å². The highest BCUT2D eigenvalue weighted by molar-refractivity contribution is 6.23. The highest BCUT2D eigenvalue weighted by Gasteiger charge is 1.67. The average Bonchev–Trinajstić information content (AvgIpc) is 1.65. The minimum Gasteiger partial charge on any atom is -0.0996 e. The van der Waals surface area contributed by atoms with E-state index >= 15 is 0 Å². The van der Waals surface area contributed by atoms with Gasteiger partial charge in [-0.15, -0.1) is 0 Å². The van der Waals surface area contributed by atoms with E-state index in [9.17, 15) is 0 Å². The van der Waals surface area contributed by atoms with Crippen molar-refractivity contribution in [3.8, 4) is 0 Å². The van der Waals surface area contributed by atoms with E-state index in [1.54, 1.807) is 0 Å². The van der Waals surface area contributed by atoms with Gasteiger partial charge < -0.3 is 0 Å². The van der Waals surface area contributed by atoms with E-state index in [0.717, 1.165) is 0 Å². The van der Waals surface area contributed by atoms with E-state index < -0.39 is 0 Å². The normalized spacial score (nSPS) is 11.2. The van der Waals surface area contributed by atoms with E-state index in [2.05, 4.69) is 6.58 Å². The molecular weight excluding hydrogens is 70.9 g/mol. The quantitative estimate of drug-likeness (QED) is 0.321. The summed E-state index contributed by atoms with van der Waals surface area (Å²) in [6.07, 6.45) is 3.85. The molecule has 1 heteroatoms. The molecule has 0 aliphatic rings. The van der Waals surface area contributed by atoms with Crippen LogP contribution in [0.2, 0.25) is 0 Å². The molecule has 0 bridgehead atoms. The van der Waals surface area contributed by atoms with Crippen molar-refractivity contribution in [1.29, 1.82) is 0 Å². The summed E-state index contributed by atoms with van der Waals surface area (Å²) < 4.78 is 0. The molecule has 0 aliphatic carbocycles. The summed E-state index contributed by atoms with van der Waals surface area (Å²) in [5.41, 5.74) is 1.23. The van der Waals surface area contributed by atoms with Gasteiger partial charge in [0.05, 0.1) is 0 Å². The second kappa shape index (κ2) is 2.76. The van der Waals surface area contributed by atoms with Gasteiger partial charge in [0.1, 0.15) is 7.85 Å². The minimum atomic E-state index is 1.23. The predicted octanol–water partition coefficient (Wildman–Crippen LogP) is 0.709. The van der Waals surface area contributed by atoms with Crippen molar-refractivity contribution in [1.82, 2.24) is 0 Å². The van der Waals surface area contributed by atoms with Crippen molar-refractivity contribution < 1.29 is 0 Å². The number of allylic oxidation sites excluding steroid dienone is 3. The van der Waals surface area contributed by atoms with Crippen molar-refractivity contribution in [3.63, 3.8) is 0 Å². The molecule has 0 fully saturated rings. The summed E-state index contributed by atoms with van der Waals surface area (Å²) in [6.45, 7) is 5.56. The number of rotatable bonds is 1. The Morgan fingerprint density at radius 3 is 2.33 bits per heavy atom. The molecule has 6 heavy (non-hydrogen) atoms. The molecule has 0 atom stereocenters. The van der Waals surface area contributed by atoms with Gasteiger partial charge in [0, 0.05) is 0 Å². The molecule has 0 aromatic carbocycles. The van der Waals surface area contributed by atoms with Crippen LogP contribution in [0.1, 0.15) is 6.92 Å². The fourth-order valence-corrected chi connectivity index (χ4v) is 0.118. The van der Waals surface area contributed by atoms with Gasteiger partial charge in [0.25, 0.3) is 0 Å². The Labute approximate surface area is 40.0 Å². The molecule has 0 radical (unpaired) electrons. The molecule has 0 amide bonds. The third kappa shape index (κ3) is 1.83. The number of hydrogen-bond donors (Lipinski definition) is 0. The Kier molecular flexibility index (Phi) is 2.56. The summed E-state index contributed by atoms with van der Waals surface area (Å²) in [5.74, 6) is 0. The zero-order chi connectivity index (χ0) is 4.99. The molecule has 0 rings (SSSR count). The molecule has 0 nitrogen and oxygen atoms in total. The Hall–Kier alpha value is -0.455. The molecule has 0 unspecified atom stereocenters. The highest BCUT2D eigenvalue weighted by atomic mass is 13.6. The second-order valence-corrected chi connectivity index (χ2v) is 1.24. The van der Waals surface area contributed by atoms with Crippen molar-refractivity contribution in [2.24, 2.45) is 0 Å². The first-order valence-electron chi connectivity index (χ1n) is 2.06. The molecule has 0 spiro atoms. The predicted molar refractivity (Wildman–Crippen MR) is 32.5 cm³/mol. The molecule has 32 valence electrons. The Morgan fingerprint density at radius 2 is 2.33 bits per heavy atom. The molecule has 0 heterocycles. The summed E-state index contributed by atoms with van der Waals surface area (Å²) in [5, 5.41) is 0. The maximum atomic E-state index is 3.56. The van der Waals surface area contributed by atoms with Gasteiger partial charge in [0.15, 0.2) is 0 Å². The third-order valence-electron chi connectivity index (χ3n) is 0.777. The molecule has 0 aliphatic heterocycles. The van der Waals surface area contributed by atoms with Gasteiger partial charge in [-0.2, -0.15) is 0 Å². The fraction of sp³-hybridized carbons (Fsp3) is 0.200. The maximum absolute atomic E-state index is 3.56. The van der Waals surface area contributed by atoms with Crippen LogP contribution in [-0.4, -0.2) is 7.85 Å². The summed E-state index contributed by atoms with van der Waals surface area (Å²) >= 11 is 0. The minimum absolute atomic E-state index is 1.23. The first kappa shape index (κ1) is 5.54. The highest BCUT2D eigenvalue weighted by Crippen LogP contribution is 1.82. The zero-order valence-corrected chi connectivity index (χ0v) is 4.36. The fourth-order valence-electron chi connectivity index (χ4n) is 0.118. The van der Waals surface area contributed by atoms with Crippen LogP contribution in [0.25, 0.3) is 0 Å². The molecule has 0 aromatic heterocycles. The van der Waals surface area contributed by atoms with Crippen LogP contribution in [0.3, 0.4) is 0 Å². The second-order valence-electron chi connectivity index (χ2n) is 1.24. The zero-order valence-electron chi connectivity index (χ0n) is 4.36. The van der Waals surface area contributed by atoms with Gasteiger partial charge in [-0.05, 0) is 6.92 Å². The monoisotopic (exact) mass is 80.1 g/mol. The van der Waals surface area contributed by atoms with Gasteiger partial charge in [0.2, 0.25) is 0 Å². The van der Waals surface area contributed by atoms with Crippen molar-refractivity contribution >= 4 is 7.85 Å². The Morgan fingerprint density at radius 1 is 1.83 bits per heavy atom. The van der Waals surface area contributed by atoms with Crippen molar-refractivity contribution in [3.05, 3.63) is 24.2 Å². The molecule has 0 saturated carbocycles. The van der Waals surface area contributed by atoms with Crippen molar-refractivity contribution in [2.75, 3.05) is 0 Å². The van der Waals surface area contributed by atoms with Crippen LogP contribution < -0.4 is 0 Å². The van der Waals surface area contributed by atoms with E-state index in [0.29, 0.717) is 0 Å². The van der Waals surface area contributed by atoms with Crippen LogP contribution in [0.4, 0.5) is 0 Å². The summed E-state index contributed by atoms with van der Waals surface area (Å²) in [7, 11) is 2.02. The number of hydrogen-bond acceptors (Lipinski definition) is 0. The standard InChI is InChI=1S/C5H9B/c1-3-5(6)4-2/h3-4H,1,6H2,2H3/b5-4+. The largest absolute Gasteiger partial charge is 0.138 e. The Bertz CT molecular complexity index is 72.0. The van der Waals surface area contributed by atoms with E-state index in [-0.39, 0.29) is 0 Å². The lowest BCUT2D eigenvalue weighted by Gasteiger charge is -1.78. The lowest BCUT2D eigenvalue weighted by molar-refractivity contribution is 1.71. The van der Waals surface area contributed by atoms with Crippen molar-refractivity contribution in [2.45, 2.75) is 6.92 Å². The van der Waals surface area contributed by atoms with E-state index in [1.165, 1.54) is 5.47 Å². The Balaban J connectivity index is 3.50. The molecule has 0 aromatic rings. The maximum Gasteiger partial charge on any atom is 0.138 e. The molecule has 0 saturated heterocycles. The SMILES string of the molecule is B/C(C=C)=C/C. The first-order valence-corrected chi connectivity index (χ1v) is 2.06. The average molecular weight is 79.9 g/mol. The van der Waals surface area contributed by atoms with Gasteiger partial charge in [-0.3, -0.25) is 0 Å². The van der Waals surface area contributed by atoms with Crippen LogP contribution in [0, 0.1) is 0 Å². The molecule has 0 N–H and O–H groups in total. The van der Waals surface area contributed by atoms with Crippen LogP contribution in [0.5, 0.6) is 0 Å². The summed E-state index contributed by atoms with van der Waals surface area (Å²) in [4.78, 5) is 0. The molecular formula is C5H9B. The van der Waals surface area contributed by atoms with Crippen LogP contribution in [0.15, 0.2) is 24.2 Å². The van der Waals surface area contributed by atoms with Gasteiger partial charge in [-0.25, -0.2) is 0 Å². The lowest BCUT2D eigenvalue weighted by Crippen LogP contribution is -1.66. The first-order chi connectivity index (χ1) is 2.81. The van der Waals surface area contributed by atoms with Crippen LogP contribution in [-0.2, 0) is 0 Å². The lowest BCUT2D eigenvalue weighted by atomic mass is 9.96. The third-order valence-corrected chi connectivity index (χ3v) is 0.777.